The lowest BCUT2D eigenvalue weighted by molar-refractivity contribution is -0.146. The summed E-state index contributed by atoms with van der Waals surface area (Å²) in [5, 5.41) is 11.6. The first-order chi connectivity index (χ1) is 18.5. The van der Waals surface area contributed by atoms with E-state index in [9.17, 15) is 9.59 Å². The topological polar surface area (TPSA) is 107 Å². The van der Waals surface area contributed by atoms with Gasteiger partial charge in [0.2, 0.25) is 0 Å². The van der Waals surface area contributed by atoms with E-state index >= 15 is 0 Å². The van der Waals surface area contributed by atoms with Gasteiger partial charge in [-0.15, -0.1) is 11.3 Å². The van der Waals surface area contributed by atoms with Crippen molar-refractivity contribution < 1.29 is 9.59 Å². The summed E-state index contributed by atoms with van der Waals surface area (Å²) in [6.45, 7) is 8.34. The number of H-pyrrole nitrogens is 1. The summed E-state index contributed by atoms with van der Waals surface area (Å²) >= 11 is 1.76. The molecule has 0 radical (unpaired) electrons. The molecule has 2 aliphatic rings. The zero-order valence-corrected chi connectivity index (χ0v) is 22.6. The van der Waals surface area contributed by atoms with Gasteiger partial charge in [-0.2, -0.15) is 5.10 Å². The van der Waals surface area contributed by atoms with Gasteiger partial charge in [0.1, 0.15) is 0 Å². The van der Waals surface area contributed by atoms with E-state index < -0.39 is 11.8 Å². The van der Waals surface area contributed by atoms with Crippen molar-refractivity contribution in [3.8, 4) is 0 Å². The van der Waals surface area contributed by atoms with Crippen LogP contribution < -0.4 is 5.32 Å². The molecule has 3 aromatic heterocycles. The van der Waals surface area contributed by atoms with Gasteiger partial charge in [-0.25, -0.2) is 4.98 Å². The maximum absolute atomic E-state index is 13.5. The molecule has 38 heavy (non-hydrogen) atoms. The van der Waals surface area contributed by atoms with E-state index in [1.807, 2.05) is 0 Å². The van der Waals surface area contributed by atoms with Crippen LogP contribution in [0.4, 0.5) is 5.69 Å². The third-order valence-corrected chi connectivity index (χ3v) is 9.11. The van der Waals surface area contributed by atoms with Crippen LogP contribution in [-0.4, -0.2) is 68.0 Å². The SMILES string of the molecule is C[C@H]1CC[C@H](c2ccc3sc([C@H](C)CN4CCCC4)nc3c2)N(C(=O)C(=O)Nc2cncc3cn[nH]c23)C1. The number of benzene rings is 1. The molecular weight excluding hydrogens is 498 g/mol. The third kappa shape index (κ3) is 4.90. The molecular formula is C28H33N7O2S. The summed E-state index contributed by atoms with van der Waals surface area (Å²) in [6.07, 6.45) is 9.21. The first-order valence-electron chi connectivity index (χ1n) is 13.5. The van der Waals surface area contributed by atoms with Crippen molar-refractivity contribution in [2.75, 3.05) is 31.5 Å². The molecule has 6 rings (SSSR count). The fourth-order valence-corrected chi connectivity index (χ4v) is 6.79. The summed E-state index contributed by atoms with van der Waals surface area (Å²) in [5.74, 6) is -0.487. The molecule has 0 spiro atoms. The zero-order valence-electron chi connectivity index (χ0n) is 21.8. The second-order valence-corrected chi connectivity index (χ2v) is 11.9. The van der Waals surface area contributed by atoms with E-state index in [0.717, 1.165) is 45.6 Å². The van der Waals surface area contributed by atoms with E-state index in [1.165, 1.54) is 32.1 Å². The highest BCUT2D eigenvalue weighted by Gasteiger charge is 2.34. The van der Waals surface area contributed by atoms with Gasteiger partial charge >= 0.3 is 11.8 Å². The second-order valence-electron chi connectivity index (χ2n) is 10.8. The number of carbonyl (C=O) groups excluding carboxylic acids is 2. The molecule has 0 saturated carbocycles. The number of carbonyl (C=O) groups is 2. The number of fused-ring (bicyclic) bond motifs is 2. The van der Waals surface area contributed by atoms with Crippen LogP contribution >= 0.6 is 11.3 Å². The summed E-state index contributed by atoms with van der Waals surface area (Å²) in [5.41, 5.74) is 3.10. The lowest BCUT2D eigenvalue weighted by Gasteiger charge is -2.38. The number of rotatable bonds is 5. The van der Waals surface area contributed by atoms with Crippen molar-refractivity contribution in [2.45, 2.75) is 51.5 Å². The monoisotopic (exact) mass is 531 g/mol. The highest BCUT2D eigenvalue weighted by Crippen LogP contribution is 2.36. The molecule has 3 atom stereocenters. The second kappa shape index (κ2) is 10.4. The molecule has 5 heterocycles. The van der Waals surface area contributed by atoms with Gasteiger partial charge in [-0.1, -0.05) is 19.9 Å². The van der Waals surface area contributed by atoms with Crippen molar-refractivity contribution in [1.82, 2.24) is 30.0 Å². The Morgan fingerprint density at radius 2 is 2.03 bits per heavy atom. The van der Waals surface area contributed by atoms with Crippen LogP contribution in [0.3, 0.4) is 0 Å². The first-order valence-corrected chi connectivity index (χ1v) is 14.3. The average Bonchev–Trinajstić information content (AvgIpc) is 3.68. The number of amides is 2. The van der Waals surface area contributed by atoms with E-state index in [-0.39, 0.29) is 6.04 Å². The molecule has 4 aromatic rings. The van der Waals surface area contributed by atoms with Crippen LogP contribution in [0.25, 0.3) is 21.1 Å². The van der Waals surface area contributed by atoms with Crippen LogP contribution in [-0.2, 0) is 9.59 Å². The van der Waals surface area contributed by atoms with Crippen molar-refractivity contribution in [3.63, 3.8) is 0 Å². The molecule has 2 saturated heterocycles. The van der Waals surface area contributed by atoms with Crippen LogP contribution in [0.2, 0.25) is 0 Å². The van der Waals surface area contributed by atoms with E-state index in [2.05, 4.69) is 57.4 Å². The molecule has 0 bridgehead atoms. The Balaban J connectivity index is 1.22. The molecule has 2 amide bonds. The van der Waals surface area contributed by atoms with Crippen LogP contribution in [0.1, 0.15) is 62.1 Å². The minimum absolute atomic E-state index is 0.165. The lowest BCUT2D eigenvalue weighted by atomic mass is 9.89. The van der Waals surface area contributed by atoms with Crippen molar-refractivity contribution >= 4 is 50.0 Å². The van der Waals surface area contributed by atoms with E-state index in [1.54, 1.807) is 28.6 Å². The molecule has 9 nitrogen and oxygen atoms in total. The van der Waals surface area contributed by atoms with Crippen molar-refractivity contribution in [3.05, 3.63) is 47.4 Å². The number of pyridine rings is 1. The summed E-state index contributed by atoms with van der Waals surface area (Å²) in [6, 6.07) is 6.18. The fraction of sp³-hybridized carbons (Fsp3) is 0.464. The highest BCUT2D eigenvalue weighted by atomic mass is 32.1. The minimum Gasteiger partial charge on any atom is -0.327 e. The smallest absolute Gasteiger partial charge is 0.314 e. The van der Waals surface area contributed by atoms with Gasteiger partial charge in [0, 0.05) is 30.6 Å². The fourth-order valence-electron chi connectivity index (χ4n) is 5.80. The number of likely N-dealkylation sites (tertiary alicyclic amines) is 2. The summed E-state index contributed by atoms with van der Waals surface area (Å²) in [4.78, 5) is 40.0. The normalized spacial score (nSPS) is 21.3. The van der Waals surface area contributed by atoms with Crippen molar-refractivity contribution in [2.24, 2.45) is 5.92 Å². The van der Waals surface area contributed by atoms with Crippen LogP contribution in [0, 0.1) is 5.92 Å². The summed E-state index contributed by atoms with van der Waals surface area (Å²) in [7, 11) is 0. The van der Waals surface area contributed by atoms with Gasteiger partial charge in [0.15, 0.2) is 0 Å². The Morgan fingerprint density at radius 1 is 1.18 bits per heavy atom. The number of hydrogen-bond acceptors (Lipinski definition) is 7. The van der Waals surface area contributed by atoms with Crippen molar-refractivity contribution in [1.29, 1.82) is 0 Å². The predicted molar refractivity (Wildman–Crippen MR) is 149 cm³/mol. The Hall–Kier alpha value is -3.37. The van der Waals surface area contributed by atoms with Gasteiger partial charge in [0.05, 0.1) is 44.9 Å². The molecule has 10 heteroatoms. The average molecular weight is 532 g/mol. The molecule has 2 N–H and O–H groups in total. The van der Waals surface area contributed by atoms with Crippen LogP contribution in [0.5, 0.6) is 0 Å². The number of anilines is 1. The highest BCUT2D eigenvalue weighted by molar-refractivity contribution is 7.18. The van der Waals surface area contributed by atoms with Gasteiger partial charge in [-0.3, -0.25) is 19.7 Å². The number of aromatic amines is 1. The number of nitrogens with one attached hydrogen (secondary N) is 2. The molecule has 0 unspecified atom stereocenters. The third-order valence-electron chi connectivity index (χ3n) is 7.84. The molecule has 0 aliphatic carbocycles. The molecule has 2 aliphatic heterocycles. The molecule has 198 valence electrons. The Labute approximate surface area is 225 Å². The Morgan fingerprint density at radius 3 is 2.87 bits per heavy atom. The Bertz CT molecular complexity index is 1470. The maximum Gasteiger partial charge on any atom is 0.314 e. The first kappa shape index (κ1) is 24.9. The number of thiazole rings is 1. The number of hydrogen-bond donors (Lipinski definition) is 2. The standard InChI is InChI=1S/C28H33N7O2S/c1-17-5-7-23(35(15-17)28(37)26(36)31-22-14-29-12-20-13-30-33-25(20)22)19-6-8-24-21(11-19)32-27(38-24)18(2)16-34-9-3-4-10-34/h6,8,11-14,17-18,23H,3-5,7,9-10,15-16H2,1-2H3,(H,30,33)(H,31,36)/t17-,18+,23+/m0/s1. The van der Waals surface area contributed by atoms with Gasteiger partial charge < -0.3 is 15.1 Å². The van der Waals surface area contributed by atoms with E-state index in [0.29, 0.717) is 29.6 Å². The molecule has 2 fully saturated rings. The number of aromatic nitrogens is 4. The largest absolute Gasteiger partial charge is 0.327 e. The minimum atomic E-state index is -0.666. The lowest BCUT2D eigenvalue weighted by Crippen LogP contribution is -2.46. The summed E-state index contributed by atoms with van der Waals surface area (Å²) < 4.78 is 1.16. The van der Waals surface area contributed by atoms with Gasteiger partial charge in [0.25, 0.3) is 0 Å². The quantitative estimate of drug-likeness (QED) is 0.362. The van der Waals surface area contributed by atoms with Crippen LogP contribution in [0.15, 0.2) is 36.8 Å². The molecule has 1 aromatic carbocycles. The number of nitrogens with zero attached hydrogens (tertiary/aromatic N) is 5. The van der Waals surface area contributed by atoms with E-state index in [4.69, 9.17) is 4.98 Å². The predicted octanol–water partition coefficient (Wildman–Crippen LogP) is 4.71. The van der Waals surface area contributed by atoms with Gasteiger partial charge in [-0.05, 0) is 62.4 Å². The number of piperidine rings is 1. The maximum atomic E-state index is 13.5. The zero-order chi connectivity index (χ0) is 26.2. The Kier molecular flexibility index (Phi) is 6.84.